The number of methoxy groups -OCH3 is 1. The summed E-state index contributed by atoms with van der Waals surface area (Å²) in [6, 6.07) is 1.77. The van der Waals surface area contributed by atoms with E-state index in [2.05, 4.69) is 0 Å². The van der Waals surface area contributed by atoms with Crippen LogP contribution in [0.2, 0.25) is 0 Å². The molecule has 2 aliphatic heterocycles. The Balaban J connectivity index is 2.00. The molecule has 2 aliphatic rings. The SMILES string of the molecule is COc1cc(C=O)n2c1CC1(CC2)OCCO1. The average molecular weight is 237 g/mol. The second-order valence-corrected chi connectivity index (χ2v) is 4.39. The number of aromatic nitrogens is 1. The van der Waals surface area contributed by atoms with E-state index in [1.165, 1.54) is 0 Å². The highest BCUT2D eigenvalue weighted by atomic mass is 16.7. The van der Waals surface area contributed by atoms with Crippen molar-refractivity contribution in [3.63, 3.8) is 0 Å². The molecule has 1 aromatic heterocycles. The molecule has 5 nitrogen and oxygen atoms in total. The number of ether oxygens (including phenoxy) is 3. The van der Waals surface area contributed by atoms with Crippen molar-refractivity contribution in [1.82, 2.24) is 4.57 Å². The Morgan fingerprint density at radius 2 is 2.24 bits per heavy atom. The first-order valence-electron chi connectivity index (χ1n) is 5.77. The average Bonchev–Trinajstić information content (AvgIpc) is 2.94. The van der Waals surface area contributed by atoms with Crippen LogP contribution >= 0.6 is 0 Å². The lowest BCUT2D eigenvalue weighted by Crippen LogP contribution is -2.39. The van der Waals surface area contributed by atoms with Crippen LogP contribution in [-0.4, -0.2) is 37.0 Å². The van der Waals surface area contributed by atoms with Crippen LogP contribution in [0, 0.1) is 0 Å². The van der Waals surface area contributed by atoms with Gasteiger partial charge in [0, 0.05) is 25.5 Å². The number of fused-ring (bicyclic) bond motifs is 1. The fourth-order valence-electron chi connectivity index (χ4n) is 2.67. The molecule has 3 rings (SSSR count). The van der Waals surface area contributed by atoms with E-state index in [4.69, 9.17) is 14.2 Å². The summed E-state index contributed by atoms with van der Waals surface area (Å²) in [7, 11) is 1.61. The Morgan fingerprint density at radius 1 is 1.47 bits per heavy atom. The van der Waals surface area contributed by atoms with Gasteiger partial charge in [-0.05, 0) is 0 Å². The van der Waals surface area contributed by atoms with Crippen LogP contribution in [0.1, 0.15) is 22.6 Å². The van der Waals surface area contributed by atoms with Crippen LogP contribution in [-0.2, 0) is 22.4 Å². The summed E-state index contributed by atoms with van der Waals surface area (Å²) in [6.45, 7) is 2.01. The molecule has 0 amide bonds. The third kappa shape index (κ3) is 1.57. The van der Waals surface area contributed by atoms with Gasteiger partial charge in [-0.2, -0.15) is 0 Å². The summed E-state index contributed by atoms with van der Waals surface area (Å²) in [5.74, 6) is 0.243. The third-order valence-corrected chi connectivity index (χ3v) is 3.51. The zero-order valence-corrected chi connectivity index (χ0v) is 9.77. The molecule has 3 heterocycles. The predicted molar refractivity (Wildman–Crippen MR) is 59.3 cm³/mol. The summed E-state index contributed by atoms with van der Waals surface area (Å²) >= 11 is 0. The van der Waals surface area contributed by atoms with Gasteiger partial charge in [-0.25, -0.2) is 0 Å². The lowest BCUT2D eigenvalue weighted by molar-refractivity contribution is -0.169. The van der Waals surface area contributed by atoms with Crippen molar-refractivity contribution in [1.29, 1.82) is 0 Å². The summed E-state index contributed by atoms with van der Waals surface area (Å²) in [6.07, 6.45) is 2.28. The minimum absolute atomic E-state index is 0.498. The van der Waals surface area contributed by atoms with Gasteiger partial charge in [0.05, 0.1) is 31.7 Å². The molecule has 0 unspecified atom stereocenters. The minimum Gasteiger partial charge on any atom is -0.495 e. The highest BCUT2D eigenvalue weighted by Gasteiger charge is 2.41. The molecule has 0 atom stereocenters. The number of rotatable bonds is 2. The van der Waals surface area contributed by atoms with Crippen LogP contribution in [0.4, 0.5) is 0 Å². The lowest BCUT2D eigenvalue weighted by Gasteiger charge is -2.33. The second kappa shape index (κ2) is 3.85. The number of aldehydes is 1. The van der Waals surface area contributed by atoms with Crippen molar-refractivity contribution in [2.75, 3.05) is 20.3 Å². The van der Waals surface area contributed by atoms with E-state index in [0.717, 1.165) is 30.7 Å². The molecule has 0 aliphatic carbocycles. The number of nitrogens with zero attached hydrogens (tertiary/aromatic N) is 1. The van der Waals surface area contributed by atoms with Crippen LogP contribution in [0.15, 0.2) is 6.07 Å². The Labute approximate surface area is 99.3 Å². The third-order valence-electron chi connectivity index (χ3n) is 3.51. The Morgan fingerprint density at radius 3 is 2.88 bits per heavy atom. The molecule has 92 valence electrons. The van der Waals surface area contributed by atoms with Gasteiger partial charge in [-0.3, -0.25) is 4.79 Å². The van der Waals surface area contributed by atoms with Crippen molar-refractivity contribution in [2.45, 2.75) is 25.2 Å². The zero-order chi connectivity index (χ0) is 11.9. The summed E-state index contributed by atoms with van der Waals surface area (Å²) in [5, 5.41) is 0. The van der Waals surface area contributed by atoms with Crippen LogP contribution in [0.5, 0.6) is 5.75 Å². The highest BCUT2D eigenvalue weighted by Crippen LogP contribution is 2.37. The molecule has 0 aromatic carbocycles. The molecule has 0 saturated carbocycles. The number of hydrogen-bond acceptors (Lipinski definition) is 4. The second-order valence-electron chi connectivity index (χ2n) is 4.39. The van der Waals surface area contributed by atoms with Gasteiger partial charge >= 0.3 is 0 Å². The van der Waals surface area contributed by atoms with E-state index in [9.17, 15) is 4.79 Å². The highest BCUT2D eigenvalue weighted by molar-refractivity contribution is 5.74. The Hall–Kier alpha value is -1.33. The molecular weight excluding hydrogens is 222 g/mol. The molecule has 0 N–H and O–H groups in total. The predicted octanol–water partition coefficient (Wildman–Crippen LogP) is 0.998. The van der Waals surface area contributed by atoms with Gasteiger partial charge < -0.3 is 18.8 Å². The molecule has 0 radical (unpaired) electrons. The molecule has 17 heavy (non-hydrogen) atoms. The molecule has 1 spiro atoms. The molecule has 5 heteroatoms. The quantitative estimate of drug-likeness (QED) is 0.720. The fourth-order valence-corrected chi connectivity index (χ4v) is 2.67. The maximum Gasteiger partial charge on any atom is 0.175 e. The number of carbonyl (C=O) groups is 1. The maximum absolute atomic E-state index is 11.0. The van der Waals surface area contributed by atoms with Crippen molar-refractivity contribution in [3.05, 3.63) is 17.5 Å². The van der Waals surface area contributed by atoms with Crippen LogP contribution in [0.25, 0.3) is 0 Å². The molecule has 1 saturated heterocycles. The van der Waals surface area contributed by atoms with Gasteiger partial charge in [0.15, 0.2) is 12.1 Å². The normalized spacial score (nSPS) is 21.5. The monoisotopic (exact) mass is 237 g/mol. The first-order chi connectivity index (χ1) is 8.28. The number of carbonyl (C=O) groups excluding carboxylic acids is 1. The van der Waals surface area contributed by atoms with E-state index in [1.54, 1.807) is 13.2 Å². The van der Waals surface area contributed by atoms with Gasteiger partial charge in [0.2, 0.25) is 0 Å². The van der Waals surface area contributed by atoms with Crippen molar-refractivity contribution < 1.29 is 19.0 Å². The van der Waals surface area contributed by atoms with Crippen LogP contribution < -0.4 is 4.74 Å². The molecular formula is C12H15NO4. The number of hydrogen-bond donors (Lipinski definition) is 0. The van der Waals surface area contributed by atoms with Gasteiger partial charge in [-0.15, -0.1) is 0 Å². The van der Waals surface area contributed by atoms with E-state index in [1.807, 2.05) is 4.57 Å². The zero-order valence-electron chi connectivity index (χ0n) is 9.77. The smallest absolute Gasteiger partial charge is 0.175 e. The van der Waals surface area contributed by atoms with Gasteiger partial charge in [-0.1, -0.05) is 0 Å². The van der Waals surface area contributed by atoms with E-state index >= 15 is 0 Å². The Bertz CT molecular complexity index is 446. The first-order valence-corrected chi connectivity index (χ1v) is 5.77. The fraction of sp³-hybridized carbons (Fsp3) is 0.583. The van der Waals surface area contributed by atoms with Gasteiger partial charge in [0.1, 0.15) is 5.75 Å². The van der Waals surface area contributed by atoms with Crippen molar-refractivity contribution in [3.8, 4) is 5.75 Å². The topological polar surface area (TPSA) is 49.7 Å². The van der Waals surface area contributed by atoms with E-state index < -0.39 is 5.79 Å². The Kier molecular flexibility index (Phi) is 2.45. The molecule has 1 fully saturated rings. The standard InChI is InChI=1S/C12H15NO4/c1-15-11-6-9(8-14)13-3-2-12(7-10(11)13)16-4-5-17-12/h6,8H,2-5,7H2,1H3. The van der Waals surface area contributed by atoms with E-state index in [0.29, 0.717) is 25.3 Å². The molecule has 1 aromatic rings. The first kappa shape index (κ1) is 10.8. The largest absolute Gasteiger partial charge is 0.495 e. The summed E-state index contributed by atoms with van der Waals surface area (Å²) in [4.78, 5) is 11.0. The molecule has 0 bridgehead atoms. The lowest BCUT2D eigenvalue weighted by atomic mass is 10.0. The van der Waals surface area contributed by atoms with Crippen molar-refractivity contribution in [2.24, 2.45) is 0 Å². The minimum atomic E-state index is -0.498. The van der Waals surface area contributed by atoms with Crippen molar-refractivity contribution >= 4 is 6.29 Å². The maximum atomic E-state index is 11.0. The van der Waals surface area contributed by atoms with Gasteiger partial charge in [0.25, 0.3) is 0 Å². The van der Waals surface area contributed by atoms with Crippen LogP contribution in [0.3, 0.4) is 0 Å². The summed E-state index contributed by atoms with van der Waals surface area (Å²) < 4.78 is 18.7. The van der Waals surface area contributed by atoms with E-state index in [-0.39, 0.29) is 0 Å². The summed E-state index contributed by atoms with van der Waals surface area (Å²) in [5.41, 5.74) is 1.65.